The van der Waals surface area contributed by atoms with Gasteiger partial charge < -0.3 is 5.73 Å². The highest BCUT2D eigenvalue weighted by molar-refractivity contribution is 9.10. The van der Waals surface area contributed by atoms with E-state index in [0.717, 1.165) is 17.3 Å². The van der Waals surface area contributed by atoms with E-state index < -0.39 is 0 Å². The molecule has 0 radical (unpaired) electrons. The number of halogens is 1. The molecule has 0 saturated carbocycles. The Bertz CT molecular complexity index is 360. The van der Waals surface area contributed by atoms with Gasteiger partial charge in [0.05, 0.1) is 0 Å². The summed E-state index contributed by atoms with van der Waals surface area (Å²) in [5.41, 5.74) is 8.78. The van der Waals surface area contributed by atoms with Gasteiger partial charge in [-0.1, -0.05) is 40.9 Å². The second kappa shape index (κ2) is 7.67. The Balaban J connectivity index is 2.41. The van der Waals surface area contributed by atoms with Crippen LogP contribution in [-0.2, 0) is 0 Å². The Morgan fingerprint density at radius 2 is 2.12 bits per heavy atom. The van der Waals surface area contributed by atoms with Gasteiger partial charge >= 0.3 is 0 Å². The summed E-state index contributed by atoms with van der Waals surface area (Å²) in [6.07, 6.45) is 7.85. The highest BCUT2D eigenvalue weighted by Crippen LogP contribution is 2.23. The van der Waals surface area contributed by atoms with Crippen molar-refractivity contribution in [2.24, 2.45) is 5.73 Å². The molecule has 17 heavy (non-hydrogen) atoms. The van der Waals surface area contributed by atoms with Crippen LogP contribution in [0.3, 0.4) is 0 Å². The highest BCUT2D eigenvalue weighted by atomic mass is 79.9. The molecule has 1 unspecified atom stereocenters. The van der Waals surface area contributed by atoms with Crippen molar-refractivity contribution in [3.8, 4) is 0 Å². The summed E-state index contributed by atoms with van der Waals surface area (Å²) in [5, 5.41) is 0. The molecule has 0 aliphatic heterocycles. The van der Waals surface area contributed by atoms with E-state index in [1.165, 1.54) is 30.4 Å². The number of benzene rings is 1. The van der Waals surface area contributed by atoms with Crippen molar-refractivity contribution in [1.82, 2.24) is 0 Å². The van der Waals surface area contributed by atoms with Crippen molar-refractivity contribution in [1.29, 1.82) is 0 Å². The molecule has 0 aliphatic carbocycles. The predicted octanol–water partition coefficient (Wildman–Crippen LogP) is 4.89. The summed E-state index contributed by atoms with van der Waals surface area (Å²) >= 11 is 3.48. The lowest BCUT2D eigenvalue weighted by molar-refractivity contribution is 0.570. The number of hydrogen-bond acceptors (Lipinski definition) is 1. The van der Waals surface area contributed by atoms with Crippen molar-refractivity contribution < 1.29 is 0 Å². The van der Waals surface area contributed by atoms with Gasteiger partial charge in [-0.15, -0.1) is 6.58 Å². The fraction of sp³-hybridized carbons (Fsp3) is 0.467. The average Bonchev–Trinajstić information content (AvgIpc) is 2.28. The number of aryl methyl sites for hydroxylation is 1. The summed E-state index contributed by atoms with van der Waals surface area (Å²) in [4.78, 5) is 0. The van der Waals surface area contributed by atoms with E-state index in [9.17, 15) is 0 Å². The van der Waals surface area contributed by atoms with Crippen LogP contribution < -0.4 is 5.73 Å². The summed E-state index contributed by atoms with van der Waals surface area (Å²) in [6, 6.07) is 6.51. The molecule has 1 atom stereocenters. The fourth-order valence-electron chi connectivity index (χ4n) is 2.04. The first-order chi connectivity index (χ1) is 8.15. The molecule has 0 aromatic heterocycles. The van der Waals surface area contributed by atoms with Crippen molar-refractivity contribution in [2.45, 2.75) is 45.1 Å². The molecule has 1 aromatic carbocycles. The molecule has 0 fully saturated rings. The van der Waals surface area contributed by atoms with Gasteiger partial charge in [0, 0.05) is 10.5 Å². The van der Waals surface area contributed by atoms with Gasteiger partial charge in [-0.25, -0.2) is 0 Å². The van der Waals surface area contributed by atoms with Crippen LogP contribution in [0.5, 0.6) is 0 Å². The zero-order chi connectivity index (χ0) is 12.7. The third-order valence-corrected chi connectivity index (χ3v) is 3.55. The maximum absolute atomic E-state index is 6.23. The minimum absolute atomic E-state index is 0.173. The van der Waals surface area contributed by atoms with Crippen LogP contribution in [0.15, 0.2) is 35.3 Å². The molecule has 0 bridgehead atoms. The van der Waals surface area contributed by atoms with Crippen LogP contribution in [0.4, 0.5) is 0 Å². The summed E-state index contributed by atoms with van der Waals surface area (Å²) in [6.45, 7) is 5.85. The summed E-state index contributed by atoms with van der Waals surface area (Å²) in [5.74, 6) is 0. The molecule has 1 nitrogen and oxygen atoms in total. The average molecular weight is 296 g/mol. The number of allylic oxidation sites excluding steroid dienone is 1. The maximum atomic E-state index is 6.23. The Morgan fingerprint density at radius 1 is 1.35 bits per heavy atom. The standard InChI is InChI=1S/C15H22BrN/c1-3-4-5-6-7-8-15(17)14-10-9-13(16)11-12(14)2/h3,9-11,15H,1,4-8,17H2,2H3. The monoisotopic (exact) mass is 295 g/mol. The van der Waals surface area contributed by atoms with Crippen molar-refractivity contribution in [2.75, 3.05) is 0 Å². The van der Waals surface area contributed by atoms with Gasteiger partial charge in [-0.3, -0.25) is 0 Å². The molecule has 0 amide bonds. The summed E-state index contributed by atoms with van der Waals surface area (Å²) < 4.78 is 1.12. The van der Waals surface area contributed by atoms with Crippen molar-refractivity contribution in [3.05, 3.63) is 46.5 Å². The number of nitrogens with two attached hydrogens (primary N) is 1. The predicted molar refractivity (Wildman–Crippen MR) is 79.1 cm³/mol. The van der Waals surface area contributed by atoms with Gasteiger partial charge in [-0.05, 0) is 49.4 Å². The molecule has 0 saturated heterocycles. The minimum atomic E-state index is 0.173. The molecular formula is C15H22BrN. The van der Waals surface area contributed by atoms with E-state index in [2.05, 4.69) is 47.6 Å². The van der Waals surface area contributed by atoms with Crippen molar-refractivity contribution >= 4 is 15.9 Å². The van der Waals surface area contributed by atoms with Crippen LogP contribution in [0.1, 0.15) is 49.3 Å². The molecule has 0 spiro atoms. The summed E-state index contributed by atoms with van der Waals surface area (Å²) in [7, 11) is 0. The van der Waals surface area contributed by atoms with Crippen molar-refractivity contribution in [3.63, 3.8) is 0 Å². The van der Waals surface area contributed by atoms with Gasteiger partial charge in [0.25, 0.3) is 0 Å². The first-order valence-electron chi connectivity index (χ1n) is 6.27. The smallest absolute Gasteiger partial charge is 0.0297 e. The van der Waals surface area contributed by atoms with Gasteiger partial charge in [-0.2, -0.15) is 0 Å². The largest absolute Gasteiger partial charge is 0.324 e. The minimum Gasteiger partial charge on any atom is -0.324 e. The van der Waals surface area contributed by atoms with E-state index in [4.69, 9.17) is 5.73 Å². The normalized spacial score (nSPS) is 12.4. The van der Waals surface area contributed by atoms with Gasteiger partial charge in [0.15, 0.2) is 0 Å². The Labute approximate surface area is 113 Å². The Morgan fingerprint density at radius 3 is 2.76 bits per heavy atom. The molecule has 2 N–H and O–H groups in total. The molecule has 2 heteroatoms. The first-order valence-corrected chi connectivity index (χ1v) is 7.07. The second-order valence-electron chi connectivity index (χ2n) is 4.53. The number of rotatable bonds is 7. The first kappa shape index (κ1) is 14.5. The lowest BCUT2D eigenvalue weighted by Gasteiger charge is -2.14. The molecule has 1 aromatic rings. The van der Waals surface area contributed by atoms with Crippen LogP contribution in [0, 0.1) is 6.92 Å². The van der Waals surface area contributed by atoms with Gasteiger partial charge in [0.2, 0.25) is 0 Å². The fourth-order valence-corrected chi connectivity index (χ4v) is 2.52. The zero-order valence-corrected chi connectivity index (χ0v) is 12.2. The third-order valence-electron chi connectivity index (χ3n) is 3.05. The molecule has 0 heterocycles. The zero-order valence-electron chi connectivity index (χ0n) is 10.6. The number of unbranched alkanes of at least 4 members (excludes halogenated alkanes) is 3. The lowest BCUT2D eigenvalue weighted by Crippen LogP contribution is -2.11. The van der Waals surface area contributed by atoms with Crippen LogP contribution in [-0.4, -0.2) is 0 Å². The van der Waals surface area contributed by atoms with E-state index >= 15 is 0 Å². The quantitative estimate of drug-likeness (QED) is 0.562. The Kier molecular flexibility index (Phi) is 6.53. The molecular weight excluding hydrogens is 274 g/mol. The third kappa shape index (κ3) is 5.05. The topological polar surface area (TPSA) is 26.0 Å². The molecule has 0 aliphatic rings. The van der Waals surface area contributed by atoms with E-state index in [-0.39, 0.29) is 6.04 Å². The van der Waals surface area contributed by atoms with Crippen LogP contribution in [0.25, 0.3) is 0 Å². The SMILES string of the molecule is C=CCCCCCC(N)c1ccc(Br)cc1C. The van der Waals surface area contributed by atoms with Crippen LogP contribution >= 0.6 is 15.9 Å². The second-order valence-corrected chi connectivity index (χ2v) is 5.45. The molecule has 94 valence electrons. The Hall–Kier alpha value is -0.600. The highest BCUT2D eigenvalue weighted by Gasteiger charge is 2.08. The van der Waals surface area contributed by atoms with E-state index in [1.54, 1.807) is 0 Å². The number of hydrogen-bond donors (Lipinski definition) is 1. The van der Waals surface area contributed by atoms with E-state index in [1.807, 2.05) is 6.08 Å². The maximum Gasteiger partial charge on any atom is 0.0297 e. The lowest BCUT2D eigenvalue weighted by atomic mass is 9.97. The van der Waals surface area contributed by atoms with E-state index in [0.29, 0.717) is 0 Å². The van der Waals surface area contributed by atoms with Gasteiger partial charge in [0.1, 0.15) is 0 Å². The molecule has 1 rings (SSSR count). The van der Waals surface area contributed by atoms with Crippen LogP contribution in [0.2, 0.25) is 0 Å².